The van der Waals surface area contributed by atoms with Crippen LogP contribution in [0.15, 0.2) is 0 Å². The number of primary amides is 2. The van der Waals surface area contributed by atoms with Gasteiger partial charge in [-0.15, -0.1) is 0 Å². The maximum absolute atomic E-state index is 9.09. The summed E-state index contributed by atoms with van der Waals surface area (Å²) in [4.78, 5) is 18.2. The first-order valence-corrected chi connectivity index (χ1v) is 4.33. The molecule has 0 saturated heterocycles. The Balaban J connectivity index is -0.00000000680. The largest absolute Gasteiger partial charge is 1.00 e. The van der Waals surface area contributed by atoms with Gasteiger partial charge >= 0.3 is 29.6 Å². The molecule has 0 aliphatic carbocycles. The van der Waals surface area contributed by atoms with E-state index in [1.54, 1.807) is 0 Å². The zero-order valence-corrected chi connectivity index (χ0v) is 14.2. The normalized spacial score (nSPS) is 3.88. The van der Waals surface area contributed by atoms with Crippen molar-refractivity contribution in [2.24, 2.45) is 11.5 Å². The predicted molar refractivity (Wildman–Crippen MR) is 71.8 cm³/mol. The van der Waals surface area contributed by atoms with Gasteiger partial charge in [0.25, 0.3) is 10.5 Å². The Morgan fingerprint density at radius 1 is 0.812 bits per heavy atom. The minimum Gasteiger partial charge on any atom is -1.00 e. The van der Waals surface area contributed by atoms with Crippen LogP contribution in [0, 0.1) is 0 Å². The summed E-state index contributed by atoms with van der Waals surface area (Å²) in [6.45, 7) is 8.00. The van der Waals surface area contributed by atoms with Gasteiger partial charge in [-0.3, -0.25) is 9.59 Å². The third-order valence-corrected chi connectivity index (χ3v) is 0. The van der Waals surface area contributed by atoms with E-state index in [1.165, 1.54) is 0 Å². The van der Waals surface area contributed by atoms with Gasteiger partial charge in [0.1, 0.15) is 0 Å². The Morgan fingerprint density at radius 2 is 0.812 bits per heavy atom. The molecule has 0 aromatic carbocycles. The fourth-order valence-electron chi connectivity index (χ4n) is 0. The molecule has 0 bridgehead atoms. The second kappa shape index (κ2) is 77.0. The summed E-state index contributed by atoms with van der Waals surface area (Å²) in [6, 6.07) is 0. The zero-order chi connectivity index (χ0) is 11.2. The van der Waals surface area contributed by atoms with Crippen molar-refractivity contribution in [2.45, 2.75) is 27.7 Å². The average molecular weight is 292 g/mol. The molecule has 0 spiro atoms. The maximum Gasteiger partial charge on any atom is 1.00 e. The van der Waals surface area contributed by atoms with Crippen molar-refractivity contribution in [3.05, 3.63) is 0 Å². The van der Waals surface area contributed by atoms with Gasteiger partial charge in [-0.05, 0) is 0 Å². The molecule has 102 valence electrons. The number of carbonyl (C=O) groups is 2. The minimum absolute atomic E-state index is 0. The van der Waals surface area contributed by atoms with Crippen molar-refractivity contribution in [2.75, 3.05) is 0 Å². The van der Waals surface area contributed by atoms with Crippen molar-refractivity contribution >= 4 is 35.7 Å². The van der Waals surface area contributed by atoms with Crippen LogP contribution in [-0.2, 0) is 0 Å². The van der Waals surface area contributed by atoms with Gasteiger partial charge < -0.3 is 29.3 Å². The number of carbonyl (C=O) groups excluding carboxylic acids is 2. The molecule has 16 heavy (non-hydrogen) atoms. The maximum atomic E-state index is 9.09. The van der Waals surface area contributed by atoms with E-state index in [-0.39, 0.29) is 47.4 Å². The number of hydrogen-bond acceptors (Lipinski definition) is 2. The summed E-state index contributed by atoms with van der Waals surface area (Å²) in [6.07, 6.45) is 0. The molecule has 0 aliphatic heterocycles. The van der Waals surface area contributed by atoms with Crippen LogP contribution in [0.3, 0.4) is 0 Å². The van der Waals surface area contributed by atoms with Crippen LogP contribution in [0.1, 0.15) is 29.1 Å². The van der Waals surface area contributed by atoms with Crippen LogP contribution in [0.4, 0.5) is 9.59 Å². The fourth-order valence-corrected chi connectivity index (χ4v) is 0. The van der Waals surface area contributed by atoms with Crippen molar-refractivity contribution in [3.63, 3.8) is 0 Å². The Morgan fingerprint density at radius 3 is 0.812 bits per heavy atom. The quantitative estimate of drug-likeness (QED) is 0.269. The average Bonchev–Trinajstić information content (AvgIpc) is 1.93. The number of nitrogens with two attached hydrogens (primary N) is 2. The summed E-state index contributed by atoms with van der Waals surface area (Å²) in [5.41, 5.74) is 8.67. The molecular weight excluding hydrogens is 267 g/mol. The molecule has 0 unspecified atom stereocenters. The van der Waals surface area contributed by atoms with E-state index >= 15 is 0 Å². The predicted octanol–water partition coefficient (Wildman–Crippen LogP) is -3.32. The first-order valence-electron chi connectivity index (χ1n) is 3.43. The van der Waals surface area contributed by atoms with Gasteiger partial charge in [0.15, 0.2) is 0 Å². The molecule has 0 aliphatic rings. The van der Waals surface area contributed by atoms with Gasteiger partial charge in [0, 0.05) is 0 Å². The fraction of sp³-hybridized carbons (Fsp3) is 0.667. The summed E-state index contributed by atoms with van der Waals surface area (Å²) in [5, 5.41) is -1.28. The second-order valence-electron chi connectivity index (χ2n) is 0.676. The molecule has 0 saturated carbocycles. The summed E-state index contributed by atoms with van der Waals surface area (Å²) in [7, 11) is 0. The van der Waals surface area contributed by atoms with Crippen LogP contribution in [0.5, 0.6) is 0 Å². The number of thiol groups is 2. The molecule has 10 N–H and O–H groups in total. The van der Waals surface area contributed by atoms with Gasteiger partial charge in [0.2, 0.25) is 0 Å². The molecule has 0 aromatic rings. The van der Waals surface area contributed by atoms with Crippen LogP contribution >= 0.6 is 25.3 Å². The number of rotatable bonds is 0. The molecule has 0 aromatic heterocycles. The van der Waals surface area contributed by atoms with Gasteiger partial charge in [0.05, 0.1) is 0 Å². The number of hydrogen-bond donors (Lipinski definition) is 4. The minimum atomic E-state index is -0.639. The van der Waals surface area contributed by atoms with Crippen LogP contribution in [0.2, 0.25) is 0 Å². The van der Waals surface area contributed by atoms with Crippen molar-refractivity contribution in [1.29, 1.82) is 0 Å². The van der Waals surface area contributed by atoms with E-state index in [2.05, 4.69) is 36.7 Å². The smallest absolute Gasteiger partial charge is 1.00 e. The molecule has 0 rings (SSSR count). The molecule has 2 amide bonds. The van der Waals surface area contributed by atoms with E-state index in [0.717, 1.165) is 0 Å². The molecule has 10 heteroatoms. The summed E-state index contributed by atoms with van der Waals surface area (Å²) >= 11 is 6.21. The third kappa shape index (κ3) is 9820. The molecule has 0 heterocycles. The van der Waals surface area contributed by atoms with Gasteiger partial charge in [-0.2, -0.15) is 0 Å². The Kier molecular flexibility index (Phi) is 264. The molecule has 0 radical (unpaired) electrons. The topological polar surface area (TPSA) is 181 Å². The molecule has 0 fully saturated rings. The Bertz CT molecular complexity index is 96.4. The third-order valence-electron chi connectivity index (χ3n) is 0. The molecular formula is C6H25N2NaO5S2. The first kappa shape index (κ1) is 54.8. The van der Waals surface area contributed by atoms with Crippen LogP contribution < -0.4 is 41.0 Å². The van der Waals surface area contributed by atoms with Crippen molar-refractivity contribution in [3.8, 4) is 0 Å². The zero-order valence-electron chi connectivity index (χ0n) is 11.4. The molecule has 0 atom stereocenters. The first-order chi connectivity index (χ1) is 5.46. The van der Waals surface area contributed by atoms with E-state index in [4.69, 9.17) is 9.59 Å². The van der Waals surface area contributed by atoms with Crippen molar-refractivity contribution < 1.29 is 57.0 Å². The summed E-state index contributed by atoms with van der Waals surface area (Å²) < 4.78 is 0. The monoisotopic (exact) mass is 292 g/mol. The van der Waals surface area contributed by atoms with Gasteiger partial charge in [-0.25, -0.2) is 0 Å². The van der Waals surface area contributed by atoms with E-state index in [9.17, 15) is 0 Å². The summed E-state index contributed by atoms with van der Waals surface area (Å²) in [5.74, 6) is 0. The Hall–Kier alpha value is 0.520. The van der Waals surface area contributed by atoms with E-state index < -0.39 is 10.5 Å². The van der Waals surface area contributed by atoms with Crippen LogP contribution in [0.25, 0.3) is 0 Å². The standard InChI is InChI=1S/2C2H6.2CH3NOS.Na.3H2O.H/c2*1-2;2*2-1(3)4;;;;;/h2*1-2H3;2*(H3,2,3,4);;3*1H2;/q;;;;+1;;;;-1. The van der Waals surface area contributed by atoms with E-state index in [0.29, 0.717) is 0 Å². The SMILES string of the molecule is CC.CC.NC(=O)S.NC(=O)S.O.O.O.[H-].[Na+]. The van der Waals surface area contributed by atoms with Gasteiger partial charge in [-0.1, -0.05) is 53.0 Å². The number of amides is 2. The second-order valence-corrected chi connectivity index (χ2v) is 1.56. The molecule has 7 nitrogen and oxygen atoms in total. The van der Waals surface area contributed by atoms with E-state index in [1.807, 2.05) is 27.7 Å². The van der Waals surface area contributed by atoms with Crippen molar-refractivity contribution in [1.82, 2.24) is 0 Å². The Labute approximate surface area is 131 Å². The van der Waals surface area contributed by atoms with Crippen LogP contribution in [-0.4, -0.2) is 26.9 Å².